The molecule has 58 heavy (non-hydrogen) atoms. The monoisotopic (exact) mass is 790 g/mol. The van der Waals surface area contributed by atoms with Crippen LogP contribution in [0.3, 0.4) is 0 Å². The highest BCUT2D eigenvalue weighted by Gasteiger charge is 2.39. The second kappa shape index (κ2) is 17.0. The van der Waals surface area contributed by atoms with Crippen LogP contribution in [-0.4, -0.2) is 83.0 Å². The molecular weight excluding hydrogens is 745 g/mol. The smallest absolute Gasteiger partial charge is 0.348 e. The predicted octanol–water partition coefficient (Wildman–Crippen LogP) is 4.83. The van der Waals surface area contributed by atoms with Crippen molar-refractivity contribution in [1.82, 2.24) is 29.5 Å². The van der Waals surface area contributed by atoms with Gasteiger partial charge in [0.1, 0.15) is 29.1 Å². The Morgan fingerprint density at radius 3 is 2.50 bits per heavy atom. The van der Waals surface area contributed by atoms with Crippen molar-refractivity contribution in [3.63, 3.8) is 0 Å². The van der Waals surface area contributed by atoms with Gasteiger partial charge in [-0.15, -0.1) is 0 Å². The van der Waals surface area contributed by atoms with Gasteiger partial charge in [-0.25, -0.2) is 14.5 Å². The van der Waals surface area contributed by atoms with Crippen molar-refractivity contribution < 1.29 is 38.9 Å². The lowest BCUT2D eigenvalue weighted by molar-refractivity contribution is -0.137. The Labute approximate surface area is 333 Å². The number of aromatic hydroxyl groups is 2. The Bertz CT molecular complexity index is 2480. The number of H-pyrrole nitrogens is 1. The average molecular weight is 791 g/mol. The number of ketones is 2. The molecule has 0 aliphatic carbocycles. The zero-order valence-electron chi connectivity index (χ0n) is 32.5. The highest BCUT2D eigenvalue weighted by Crippen LogP contribution is 2.37. The number of hydrogen-bond donors (Lipinski definition) is 4. The number of piperidine rings is 1. The number of benzene rings is 3. The molecule has 5 aromatic rings. The van der Waals surface area contributed by atoms with Gasteiger partial charge in [0.15, 0.2) is 5.82 Å². The summed E-state index contributed by atoms with van der Waals surface area (Å²) in [7, 11) is 0. The summed E-state index contributed by atoms with van der Waals surface area (Å²) >= 11 is 0. The molecule has 0 spiro atoms. The molecule has 3 aromatic carbocycles. The number of nitrogens with zero attached hydrogens (tertiary/aromatic N) is 4. The van der Waals surface area contributed by atoms with Crippen LogP contribution in [0, 0.1) is 0 Å². The number of ether oxygens (including phenoxy) is 1. The van der Waals surface area contributed by atoms with Crippen LogP contribution in [0.15, 0.2) is 65.6 Å². The minimum absolute atomic E-state index is 0.0224. The van der Waals surface area contributed by atoms with Crippen molar-refractivity contribution in [1.29, 1.82) is 0 Å². The number of phenols is 2. The molecule has 1 atom stereocenters. The van der Waals surface area contributed by atoms with Gasteiger partial charge in [-0.2, -0.15) is 5.10 Å². The Morgan fingerprint density at radius 2 is 1.71 bits per heavy atom. The van der Waals surface area contributed by atoms with E-state index in [1.807, 2.05) is 48.9 Å². The standard InChI is InChI=1S/C43H46N6O9/c1-25(2)32-22-33(38(53)23-37(32)52)40-45-46-43(57)49(40)28-11-12-35-27(20-28)15-16-47(35)17-19-58-18-5-9-29(50)7-4-8-30(51)21-26-6-3-10-31-34(26)24-48(42(31)56)36-13-14-39(54)44-41(36)55/h3,6,10-12,15-16,20,22-23,25,36,52-53H,4-5,7-9,13-14,17-19,21,24H2,1-2H3,(H,46,57)(H,44,54,55). The molecule has 15 heteroatoms. The summed E-state index contributed by atoms with van der Waals surface area (Å²) in [5.41, 5.74) is 3.89. The second-order valence-electron chi connectivity index (χ2n) is 15.2. The molecule has 1 fully saturated rings. The Kier molecular flexibility index (Phi) is 11.7. The third-order valence-corrected chi connectivity index (χ3v) is 10.9. The highest BCUT2D eigenvalue weighted by atomic mass is 16.5. The van der Waals surface area contributed by atoms with E-state index in [2.05, 4.69) is 15.5 Å². The molecule has 1 unspecified atom stereocenters. The fourth-order valence-corrected chi connectivity index (χ4v) is 7.83. The van der Waals surface area contributed by atoms with E-state index in [1.54, 1.807) is 24.3 Å². The number of Topliss-reactive ketones (excluding diaryl/α,β-unsaturated/α-hetero) is 2. The lowest BCUT2D eigenvalue weighted by atomic mass is 9.97. The van der Waals surface area contributed by atoms with Crippen molar-refractivity contribution in [2.45, 2.75) is 90.3 Å². The fraction of sp³-hybridized carbons (Fsp3) is 0.372. The summed E-state index contributed by atoms with van der Waals surface area (Å²) < 4.78 is 9.26. The van der Waals surface area contributed by atoms with Gasteiger partial charge in [-0.05, 0) is 78.3 Å². The van der Waals surface area contributed by atoms with Crippen LogP contribution in [0.4, 0.5) is 0 Å². The molecule has 0 saturated carbocycles. The lowest BCUT2D eigenvalue weighted by Crippen LogP contribution is -2.52. The van der Waals surface area contributed by atoms with Crippen LogP contribution in [0.25, 0.3) is 28.0 Å². The van der Waals surface area contributed by atoms with Crippen LogP contribution < -0.4 is 11.0 Å². The summed E-state index contributed by atoms with van der Waals surface area (Å²) in [5, 5.41) is 30.8. The topological polar surface area (TPSA) is 206 Å². The molecule has 4 heterocycles. The largest absolute Gasteiger partial charge is 0.508 e. The summed E-state index contributed by atoms with van der Waals surface area (Å²) in [4.78, 5) is 76.9. The van der Waals surface area contributed by atoms with E-state index in [4.69, 9.17) is 4.74 Å². The molecule has 2 aromatic heterocycles. The van der Waals surface area contributed by atoms with Crippen LogP contribution in [-0.2, 0) is 43.4 Å². The first-order valence-corrected chi connectivity index (χ1v) is 19.6. The number of fused-ring (bicyclic) bond motifs is 2. The third-order valence-electron chi connectivity index (χ3n) is 10.9. The number of carbonyl (C=O) groups is 5. The number of hydrogen-bond acceptors (Lipinski definition) is 10. The second-order valence-corrected chi connectivity index (χ2v) is 15.2. The van der Waals surface area contributed by atoms with Crippen molar-refractivity contribution >= 4 is 40.2 Å². The molecule has 4 N–H and O–H groups in total. The molecule has 3 amide bonds. The summed E-state index contributed by atoms with van der Waals surface area (Å²) in [6.45, 7) is 5.46. The quantitative estimate of drug-likeness (QED) is 0.0746. The van der Waals surface area contributed by atoms with Crippen LogP contribution in [0.5, 0.6) is 11.5 Å². The van der Waals surface area contributed by atoms with E-state index < -0.39 is 17.6 Å². The minimum Gasteiger partial charge on any atom is -0.508 e. The van der Waals surface area contributed by atoms with E-state index >= 15 is 0 Å². The maximum atomic E-state index is 13.1. The highest BCUT2D eigenvalue weighted by molar-refractivity contribution is 6.05. The van der Waals surface area contributed by atoms with E-state index in [9.17, 15) is 39.0 Å². The number of carbonyl (C=O) groups excluding carboxylic acids is 5. The molecule has 15 nitrogen and oxygen atoms in total. The van der Waals surface area contributed by atoms with Gasteiger partial charge in [0.2, 0.25) is 11.8 Å². The van der Waals surface area contributed by atoms with E-state index in [0.717, 1.165) is 22.0 Å². The maximum absolute atomic E-state index is 13.1. The molecule has 302 valence electrons. The van der Waals surface area contributed by atoms with E-state index in [1.165, 1.54) is 15.5 Å². The van der Waals surface area contributed by atoms with E-state index in [-0.39, 0.29) is 78.9 Å². The van der Waals surface area contributed by atoms with Gasteiger partial charge in [0.25, 0.3) is 5.91 Å². The number of aromatic amines is 1. The van der Waals surface area contributed by atoms with Crippen molar-refractivity contribution in [3.05, 3.63) is 93.5 Å². The summed E-state index contributed by atoms with van der Waals surface area (Å²) in [6, 6.07) is 14.9. The molecule has 0 radical (unpaired) electrons. The Morgan fingerprint density at radius 1 is 0.914 bits per heavy atom. The Balaban J connectivity index is 0.837. The molecule has 7 rings (SSSR count). The number of amides is 3. The van der Waals surface area contributed by atoms with Gasteiger partial charge in [0, 0.05) is 80.5 Å². The first-order valence-electron chi connectivity index (χ1n) is 19.6. The van der Waals surface area contributed by atoms with Crippen LogP contribution in [0.2, 0.25) is 0 Å². The zero-order chi connectivity index (χ0) is 41.1. The van der Waals surface area contributed by atoms with Crippen LogP contribution >= 0.6 is 0 Å². The molecule has 1 saturated heterocycles. The third kappa shape index (κ3) is 8.35. The number of imide groups is 1. The Hall–Kier alpha value is -6.35. The zero-order valence-corrected chi connectivity index (χ0v) is 32.5. The van der Waals surface area contributed by atoms with Crippen molar-refractivity contribution in [2.75, 3.05) is 13.2 Å². The number of rotatable bonds is 17. The van der Waals surface area contributed by atoms with Gasteiger partial charge in [-0.3, -0.25) is 29.3 Å². The van der Waals surface area contributed by atoms with Crippen molar-refractivity contribution in [2.24, 2.45) is 0 Å². The normalized spacial score (nSPS) is 15.4. The average Bonchev–Trinajstić information content (AvgIpc) is 3.87. The fourth-order valence-electron chi connectivity index (χ4n) is 7.83. The van der Waals surface area contributed by atoms with E-state index in [0.29, 0.717) is 67.8 Å². The van der Waals surface area contributed by atoms with Gasteiger partial charge >= 0.3 is 5.69 Å². The summed E-state index contributed by atoms with van der Waals surface area (Å²) in [5.74, 6) is -1.10. The number of aromatic nitrogens is 4. The minimum atomic E-state index is -0.720. The van der Waals surface area contributed by atoms with Crippen molar-refractivity contribution in [3.8, 4) is 28.6 Å². The number of phenolic OH excluding ortho intramolecular Hbond substituents is 2. The van der Waals surface area contributed by atoms with Gasteiger partial charge < -0.3 is 24.4 Å². The summed E-state index contributed by atoms with van der Waals surface area (Å²) in [6.07, 6.45) is 4.39. The first kappa shape index (κ1) is 39.9. The predicted molar refractivity (Wildman–Crippen MR) is 213 cm³/mol. The van der Waals surface area contributed by atoms with Crippen LogP contribution in [0.1, 0.15) is 91.8 Å². The lowest BCUT2D eigenvalue weighted by Gasteiger charge is -2.29. The molecular formula is C43H46N6O9. The first-order chi connectivity index (χ1) is 27.9. The number of nitrogens with one attached hydrogen (secondary N) is 2. The molecule has 2 aliphatic rings. The van der Waals surface area contributed by atoms with Gasteiger partial charge in [0.05, 0.1) is 17.9 Å². The molecule has 0 bridgehead atoms. The maximum Gasteiger partial charge on any atom is 0.348 e. The SMILES string of the molecule is CC(C)c1cc(-c2n[nH]c(=O)n2-c2ccc3c(ccn3CCOCCCC(=O)CCCC(=O)Cc3cccc4c3CN(C3CCC(=O)NC3=O)C4=O)c2)c(O)cc1O. The molecule has 2 aliphatic heterocycles. The van der Waals surface area contributed by atoms with Gasteiger partial charge in [-0.1, -0.05) is 26.0 Å².